The van der Waals surface area contributed by atoms with Crippen molar-refractivity contribution < 1.29 is 13.9 Å². The smallest absolute Gasteiger partial charge is 0.374 e. The molecule has 0 spiro atoms. The number of aromatic amines is 1. The van der Waals surface area contributed by atoms with Gasteiger partial charge in [-0.25, -0.2) is 4.79 Å². The van der Waals surface area contributed by atoms with E-state index >= 15 is 0 Å². The number of aryl methyl sites for hydroxylation is 2. The zero-order valence-electron chi connectivity index (χ0n) is 13.0. The minimum Gasteiger partial charge on any atom is -0.460 e. The third kappa shape index (κ3) is 2.32. The Bertz CT molecular complexity index is 1060. The molecule has 0 aliphatic heterocycles. The number of benzene rings is 1. The molecule has 23 heavy (non-hydrogen) atoms. The molecule has 0 atom stereocenters. The Hall–Kier alpha value is -2.89. The molecule has 1 aromatic carbocycles. The number of esters is 1. The zero-order chi connectivity index (χ0) is 16.7. The fraction of sp³-hybridized carbons (Fsp3) is 0.235. The van der Waals surface area contributed by atoms with Gasteiger partial charge in [0.15, 0.2) is 11.0 Å². The monoisotopic (exact) mass is 313 g/mol. The van der Waals surface area contributed by atoms with E-state index in [1.807, 2.05) is 19.9 Å². The van der Waals surface area contributed by atoms with Crippen molar-refractivity contribution in [1.82, 2.24) is 4.98 Å². The van der Waals surface area contributed by atoms with Crippen LogP contribution in [0.3, 0.4) is 0 Å². The Labute approximate surface area is 130 Å². The maximum atomic E-state index is 12.3. The maximum absolute atomic E-state index is 12.3. The highest BCUT2D eigenvalue weighted by atomic mass is 16.5. The quantitative estimate of drug-likeness (QED) is 0.580. The van der Waals surface area contributed by atoms with Crippen molar-refractivity contribution >= 4 is 27.8 Å². The van der Waals surface area contributed by atoms with E-state index in [2.05, 4.69) is 4.98 Å². The number of ether oxygens (including phenoxy) is 1. The van der Waals surface area contributed by atoms with Crippen LogP contribution >= 0.6 is 0 Å². The van der Waals surface area contributed by atoms with Gasteiger partial charge in [-0.05, 0) is 38.0 Å². The lowest BCUT2D eigenvalue weighted by Gasteiger charge is -2.08. The third-order valence-corrected chi connectivity index (χ3v) is 3.87. The summed E-state index contributed by atoms with van der Waals surface area (Å²) in [5, 5.41) is 0.472. The molecule has 0 unspecified atom stereocenters. The van der Waals surface area contributed by atoms with Gasteiger partial charge in [0.25, 0.3) is 5.56 Å². The van der Waals surface area contributed by atoms with E-state index in [1.54, 1.807) is 13.0 Å². The second kappa shape index (κ2) is 5.39. The first-order valence-electron chi connectivity index (χ1n) is 7.21. The van der Waals surface area contributed by atoms with Crippen molar-refractivity contribution in [3.63, 3.8) is 0 Å². The molecule has 0 amide bonds. The van der Waals surface area contributed by atoms with Gasteiger partial charge in [0.1, 0.15) is 5.39 Å². The lowest BCUT2D eigenvalue weighted by Crippen LogP contribution is -2.18. The molecule has 0 aliphatic rings. The predicted octanol–water partition coefficient (Wildman–Crippen LogP) is 2.43. The highest BCUT2D eigenvalue weighted by molar-refractivity contribution is 6.03. The average molecular weight is 313 g/mol. The van der Waals surface area contributed by atoms with Gasteiger partial charge in [0, 0.05) is 11.5 Å². The summed E-state index contributed by atoms with van der Waals surface area (Å²) < 4.78 is 10.4. The van der Waals surface area contributed by atoms with Gasteiger partial charge >= 0.3 is 5.97 Å². The zero-order valence-corrected chi connectivity index (χ0v) is 13.0. The first-order chi connectivity index (χ1) is 10.9. The number of pyridine rings is 1. The molecule has 6 nitrogen and oxygen atoms in total. The molecule has 3 rings (SSSR count). The standard InChI is InChI=1S/C17H15NO5/c1-4-22-17(21)12-7-11(19)13-15(23-12)10-6-5-8(2)9(3)14(10)18-16(13)20/h5-7H,4H2,1-3H3,(H,18,20). The molecular formula is C17H15NO5. The average Bonchev–Trinajstić information content (AvgIpc) is 2.51. The Kier molecular flexibility index (Phi) is 3.52. The van der Waals surface area contributed by atoms with Crippen molar-refractivity contribution in [3.8, 4) is 0 Å². The topological polar surface area (TPSA) is 89.4 Å². The molecule has 3 aromatic rings. The van der Waals surface area contributed by atoms with Crippen LogP contribution in [0.1, 0.15) is 28.6 Å². The molecule has 2 heterocycles. The summed E-state index contributed by atoms with van der Waals surface area (Å²) in [4.78, 5) is 39.1. The number of carbonyl (C=O) groups is 1. The lowest BCUT2D eigenvalue weighted by atomic mass is 10.0. The van der Waals surface area contributed by atoms with Crippen molar-refractivity contribution in [3.05, 3.63) is 55.7 Å². The van der Waals surface area contributed by atoms with Gasteiger partial charge in [0.05, 0.1) is 12.1 Å². The largest absolute Gasteiger partial charge is 0.460 e. The second-order valence-electron chi connectivity index (χ2n) is 5.28. The predicted molar refractivity (Wildman–Crippen MR) is 86.0 cm³/mol. The number of hydrogen-bond donors (Lipinski definition) is 1. The Morgan fingerprint density at radius 1 is 1.26 bits per heavy atom. The van der Waals surface area contributed by atoms with E-state index in [9.17, 15) is 14.4 Å². The fourth-order valence-electron chi connectivity index (χ4n) is 2.54. The molecule has 0 saturated heterocycles. The number of carbonyl (C=O) groups excluding carboxylic acids is 1. The number of rotatable bonds is 2. The van der Waals surface area contributed by atoms with E-state index in [-0.39, 0.29) is 23.3 Å². The van der Waals surface area contributed by atoms with Crippen molar-refractivity contribution in [2.75, 3.05) is 6.61 Å². The first kappa shape index (κ1) is 15.0. The fourth-order valence-corrected chi connectivity index (χ4v) is 2.54. The molecule has 118 valence electrons. The third-order valence-electron chi connectivity index (χ3n) is 3.87. The second-order valence-corrected chi connectivity index (χ2v) is 5.28. The lowest BCUT2D eigenvalue weighted by molar-refractivity contribution is 0.0491. The van der Waals surface area contributed by atoms with Crippen molar-refractivity contribution in [1.29, 1.82) is 0 Å². The van der Waals surface area contributed by atoms with Crippen LogP contribution in [0.4, 0.5) is 0 Å². The molecular weight excluding hydrogens is 298 g/mol. The van der Waals surface area contributed by atoms with E-state index in [4.69, 9.17) is 9.15 Å². The summed E-state index contributed by atoms with van der Waals surface area (Å²) in [5.74, 6) is -0.946. The number of H-pyrrole nitrogens is 1. The van der Waals surface area contributed by atoms with Crippen molar-refractivity contribution in [2.45, 2.75) is 20.8 Å². The van der Waals surface area contributed by atoms with Crippen LogP contribution in [0.5, 0.6) is 0 Å². The molecule has 0 radical (unpaired) electrons. The van der Waals surface area contributed by atoms with Gasteiger partial charge in [-0.3, -0.25) is 9.59 Å². The van der Waals surface area contributed by atoms with Gasteiger partial charge in [-0.2, -0.15) is 0 Å². The summed E-state index contributed by atoms with van der Waals surface area (Å²) >= 11 is 0. The van der Waals surface area contributed by atoms with Gasteiger partial charge in [-0.1, -0.05) is 6.07 Å². The van der Waals surface area contributed by atoms with Crippen LogP contribution in [-0.2, 0) is 4.74 Å². The summed E-state index contributed by atoms with van der Waals surface area (Å²) in [6.07, 6.45) is 0. The van der Waals surface area contributed by atoms with E-state index in [1.165, 1.54) is 0 Å². The maximum Gasteiger partial charge on any atom is 0.374 e. The summed E-state index contributed by atoms with van der Waals surface area (Å²) in [5.41, 5.74) is 1.46. The number of aromatic nitrogens is 1. The summed E-state index contributed by atoms with van der Waals surface area (Å²) in [6, 6.07) is 4.61. The van der Waals surface area contributed by atoms with Crippen molar-refractivity contribution in [2.24, 2.45) is 0 Å². The molecule has 1 N–H and O–H groups in total. The molecule has 0 saturated carbocycles. The number of hydrogen-bond acceptors (Lipinski definition) is 5. The van der Waals surface area contributed by atoms with Gasteiger partial charge in [-0.15, -0.1) is 0 Å². The van der Waals surface area contributed by atoms with Gasteiger partial charge < -0.3 is 14.1 Å². The Balaban J connectivity index is 2.48. The summed E-state index contributed by atoms with van der Waals surface area (Å²) in [6.45, 7) is 5.60. The van der Waals surface area contributed by atoms with Crippen LogP contribution in [0.15, 0.2) is 32.2 Å². The van der Waals surface area contributed by atoms with Crippen LogP contribution < -0.4 is 11.0 Å². The normalized spacial score (nSPS) is 11.1. The van der Waals surface area contributed by atoms with Gasteiger partial charge in [0.2, 0.25) is 5.76 Å². The van der Waals surface area contributed by atoms with Crippen LogP contribution in [0, 0.1) is 13.8 Å². The van der Waals surface area contributed by atoms with Crippen LogP contribution in [0.25, 0.3) is 21.9 Å². The Morgan fingerprint density at radius 3 is 2.70 bits per heavy atom. The number of fused-ring (bicyclic) bond motifs is 3. The highest BCUT2D eigenvalue weighted by Crippen LogP contribution is 2.25. The van der Waals surface area contributed by atoms with E-state index < -0.39 is 17.0 Å². The van der Waals surface area contributed by atoms with Crippen LogP contribution in [0.2, 0.25) is 0 Å². The molecule has 2 aromatic heterocycles. The molecule has 0 fully saturated rings. The molecule has 6 heteroatoms. The molecule has 0 aliphatic carbocycles. The Morgan fingerprint density at radius 2 is 2.00 bits per heavy atom. The first-order valence-corrected chi connectivity index (χ1v) is 7.21. The minimum atomic E-state index is -0.733. The molecule has 0 bridgehead atoms. The van der Waals surface area contributed by atoms with E-state index in [0.29, 0.717) is 10.9 Å². The number of nitrogens with one attached hydrogen (secondary N) is 1. The highest BCUT2D eigenvalue weighted by Gasteiger charge is 2.18. The van der Waals surface area contributed by atoms with Crippen LogP contribution in [-0.4, -0.2) is 17.6 Å². The van der Waals surface area contributed by atoms with E-state index in [0.717, 1.165) is 17.2 Å². The minimum absolute atomic E-state index is 0.0994. The summed E-state index contributed by atoms with van der Waals surface area (Å²) in [7, 11) is 0. The SMILES string of the molecule is CCOC(=O)c1cc(=O)c2c(=O)[nH]c3c(C)c(C)ccc3c2o1.